The van der Waals surface area contributed by atoms with Gasteiger partial charge in [-0.2, -0.15) is 0 Å². The highest BCUT2D eigenvalue weighted by molar-refractivity contribution is 7.15. The highest BCUT2D eigenvalue weighted by Gasteiger charge is 2.56. The second-order valence-corrected chi connectivity index (χ2v) is 6.64. The first-order chi connectivity index (χ1) is 10.1. The van der Waals surface area contributed by atoms with Crippen LogP contribution in [0.4, 0.5) is 0 Å². The van der Waals surface area contributed by atoms with Gasteiger partial charge in [-0.3, -0.25) is 4.79 Å². The number of carboxylic acids is 1. The number of fused-ring (bicyclic) bond motifs is 3. The first kappa shape index (κ1) is 12.6. The molecule has 4 nitrogen and oxygen atoms in total. The van der Waals surface area contributed by atoms with Gasteiger partial charge in [0.05, 0.1) is 4.88 Å². The summed E-state index contributed by atoms with van der Waals surface area (Å²) in [4.78, 5) is 23.7. The molecule has 0 aliphatic heterocycles. The summed E-state index contributed by atoms with van der Waals surface area (Å²) in [6.07, 6.45) is 1.02. The molecule has 0 spiro atoms. The molecule has 4 rings (SSSR count). The fourth-order valence-corrected chi connectivity index (χ4v) is 4.09. The maximum atomic E-state index is 12.2. The lowest BCUT2D eigenvalue weighted by Gasteiger charge is -2.08. The van der Waals surface area contributed by atoms with Crippen molar-refractivity contribution >= 4 is 23.2 Å². The van der Waals surface area contributed by atoms with Crippen LogP contribution in [0.1, 0.15) is 36.4 Å². The Morgan fingerprint density at radius 3 is 2.67 bits per heavy atom. The zero-order chi connectivity index (χ0) is 14.6. The number of hydrogen-bond acceptors (Lipinski definition) is 3. The summed E-state index contributed by atoms with van der Waals surface area (Å²) in [5, 5.41) is 11.9. The van der Waals surface area contributed by atoms with Gasteiger partial charge < -0.3 is 10.4 Å². The third-order valence-electron chi connectivity index (χ3n) is 4.38. The SMILES string of the molecule is O=C(O)c1ccc(C(=O)N[C@@H]2[C@H]3Cc4ccccc4[C@@H]32)s1. The van der Waals surface area contributed by atoms with Crippen molar-refractivity contribution in [1.29, 1.82) is 0 Å². The van der Waals surface area contributed by atoms with Crippen LogP contribution in [-0.4, -0.2) is 23.0 Å². The molecule has 0 radical (unpaired) electrons. The van der Waals surface area contributed by atoms with Gasteiger partial charge in [-0.05, 0) is 35.6 Å². The average molecular weight is 299 g/mol. The van der Waals surface area contributed by atoms with Gasteiger partial charge in [0.2, 0.25) is 0 Å². The summed E-state index contributed by atoms with van der Waals surface area (Å²) in [5.74, 6) is -0.213. The summed E-state index contributed by atoms with van der Waals surface area (Å²) >= 11 is 1.02. The molecule has 2 aromatic rings. The molecule has 1 fully saturated rings. The van der Waals surface area contributed by atoms with Gasteiger partial charge in [-0.1, -0.05) is 24.3 Å². The van der Waals surface area contributed by atoms with Crippen LogP contribution in [0.2, 0.25) is 0 Å². The van der Waals surface area contributed by atoms with E-state index in [9.17, 15) is 9.59 Å². The highest BCUT2D eigenvalue weighted by Crippen LogP contribution is 2.56. The third-order valence-corrected chi connectivity index (χ3v) is 5.45. The largest absolute Gasteiger partial charge is 0.477 e. The first-order valence-electron chi connectivity index (χ1n) is 6.87. The zero-order valence-corrected chi connectivity index (χ0v) is 11.9. The standard InChI is InChI=1S/C16H13NO3S/c18-15(11-5-6-12(21-11)16(19)20)17-14-10-7-8-3-1-2-4-9(8)13(10)14/h1-6,10,13-14H,7H2,(H,17,18)(H,19,20)/t10-,13-,14+/m0/s1. The molecule has 1 saturated carbocycles. The van der Waals surface area contributed by atoms with E-state index in [1.165, 1.54) is 17.2 Å². The van der Waals surface area contributed by atoms with Gasteiger partial charge in [-0.15, -0.1) is 11.3 Å². The summed E-state index contributed by atoms with van der Waals surface area (Å²) in [7, 11) is 0. The molecule has 1 amide bonds. The minimum atomic E-state index is -0.990. The van der Waals surface area contributed by atoms with Gasteiger partial charge in [0.15, 0.2) is 0 Å². The molecule has 2 N–H and O–H groups in total. The van der Waals surface area contributed by atoms with Crippen LogP contribution in [0.3, 0.4) is 0 Å². The fourth-order valence-electron chi connectivity index (χ4n) is 3.35. The molecule has 2 aliphatic rings. The van der Waals surface area contributed by atoms with E-state index in [1.807, 2.05) is 6.07 Å². The van der Waals surface area contributed by atoms with Crippen LogP contribution in [0, 0.1) is 5.92 Å². The van der Waals surface area contributed by atoms with Gasteiger partial charge in [-0.25, -0.2) is 4.79 Å². The van der Waals surface area contributed by atoms with Crippen molar-refractivity contribution in [3.63, 3.8) is 0 Å². The van der Waals surface area contributed by atoms with E-state index >= 15 is 0 Å². The molecule has 1 heterocycles. The van der Waals surface area contributed by atoms with Crippen molar-refractivity contribution in [3.05, 3.63) is 57.3 Å². The number of amides is 1. The van der Waals surface area contributed by atoms with Crippen LogP contribution in [0.5, 0.6) is 0 Å². The molecular weight excluding hydrogens is 286 g/mol. The third kappa shape index (κ3) is 1.96. The Labute approximate surface area is 125 Å². The minimum Gasteiger partial charge on any atom is -0.477 e. The number of hydrogen-bond donors (Lipinski definition) is 2. The maximum Gasteiger partial charge on any atom is 0.345 e. The average Bonchev–Trinajstić information content (AvgIpc) is 2.89. The molecule has 0 unspecified atom stereocenters. The monoisotopic (exact) mass is 299 g/mol. The second kappa shape index (κ2) is 4.43. The molecule has 1 aromatic carbocycles. The summed E-state index contributed by atoms with van der Waals surface area (Å²) < 4.78 is 0. The second-order valence-electron chi connectivity index (χ2n) is 5.56. The normalized spacial score (nSPS) is 25.0. The van der Waals surface area contributed by atoms with Crippen molar-refractivity contribution < 1.29 is 14.7 Å². The van der Waals surface area contributed by atoms with E-state index in [2.05, 4.69) is 23.5 Å². The van der Waals surface area contributed by atoms with Gasteiger partial charge in [0, 0.05) is 12.0 Å². The van der Waals surface area contributed by atoms with Crippen molar-refractivity contribution in [2.45, 2.75) is 18.4 Å². The fraction of sp³-hybridized carbons (Fsp3) is 0.250. The molecule has 2 aliphatic carbocycles. The van der Waals surface area contributed by atoms with Crippen molar-refractivity contribution in [2.75, 3.05) is 0 Å². The van der Waals surface area contributed by atoms with Crippen molar-refractivity contribution in [3.8, 4) is 0 Å². The minimum absolute atomic E-state index is 0.163. The number of carbonyl (C=O) groups is 2. The molecular formula is C16H13NO3S. The molecule has 3 atom stereocenters. The predicted octanol–water partition coefficient (Wildman–Crippen LogP) is 2.51. The van der Waals surface area contributed by atoms with E-state index in [1.54, 1.807) is 6.07 Å². The summed E-state index contributed by atoms with van der Waals surface area (Å²) in [6.45, 7) is 0. The maximum absolute atomic E-state index is 12.2. The molecule has 0 saturated heterocycles. The molecule has 1 aromatic heterocycles. The van der Waals surface area contributed by atoms with Crippen LogP contribution < -0.4 is 5.32 Å². The van der Waals surface area contributed by atoms with E-state index in [0.717, 1.165) is 17.8 Å². The lowest BCUT2D eigenvalue weighted by Crippen LogP contribution is -2.28. The number of rotatable bonds is 3. The predicted molar refractivity (Wildman–Crippen MR) is 78.9 cm³/mol. The van der Waals surface area contributed by atoms with Gasteiger partial charge in [0.1, 0.15) is 4.88 Å². The number of carboxylic acid groups (broad SMARTS) is 1. The molecule has 5 heteroatoms. The molecule has 21 heavy (non-hydrogen) atoms. The Morgan fingerprint density at radius 2 is 1.90 bits per heavy atom. The Hall–Kier alpha value is -2.14. The van der Waals surface area contributed by atoms with Crippen molar-refractivity contribution in [1.82, 2.24) is 5.32 Å². The Kier molecular flexibility index (Phi) is 2.65. The summed E-state index contributed by atoms with van der Waals surface area (Å²) in [5.41, 5.74) is 2.74. The lowest BCUT2D eigenvalue weighted by atomic mass is 10.1. The highest BCUT2D eigenvalue weighted by atomic mass is 32.1. The number of aromatic carboxylic acids is 1. The van der Waals surface area contributed by atoms with Crippen molar-refractivity contribution in [2.24, 2.45) is 5.92 Å². The zero-order valence-electron chi connectivity index (χ0n) is 11.1. The van der Waals surface area contributed by atoms with E-state index in [4.69, 9.17) is 5.11 Å². The molecule has 106 valence electrons. The van der Waals surface area contributed by atoms with E-state index in [-0.39, 0.29) is 16.8 Å². The topological polar surface area (TPSA) is 66.4 Å². The Balaban J connectivity index is 1.47. The number of nitrogens with one attached hydrogen (secondary N) is 1. The number of benzene rings is 1. The van der Waals surface area contributed by atoms with Crippen LogP contribution in [0.25, 0.3) is 0 Å². The van der Waals surface area contributed by atoms with Crippen LogP contribution >= 0.6 is 11.3 Å². The van der Waals surface area contributed by atoms with E-state index in [0.29, 0.717) is 16.7 Å². The van der Waals surface area contributed by atoms with E-state index < -0.39 is 5.97 Å². The summed E-state index contributed by atoms with van der Waals surface area (Å²) in [6, 6.07) is 11.6. The first-order valence-corrected chi connectivity index (χ1v) is 7.68. The van der Waals surface area contributed by atoms with Crippen LogP contribution in [0.15, 0.2) is 36.4 Å². The van der Waals surface area contributed by atoms with Crippen LogP contribution in [-0.2, 0) is 6.42 Å². The quantitative estimate of drug-likeness (QED) is 0.915. The smallest absolute Gasteiger partial charge is 0.345 e. The van der Waals surface area contributed by atoms with Gasteiger partial charge in [0.25, 0.3) is 5.91 Å². The molecule has 0 bridgehead atoms. The number of carbonyl (C=O) groups excluding carboxylic acids is 1. The lowest BCUT2D eigenvalue weighted by molar-refractivity contribution is 0.0702. The Morgan fingerprint density at radius 1 is 1.14 bits per heavy atom. The number of thiophene rings is 1. The van der Waals surface area contributed by atoms with Gasteiger partial charge >= 0.3 is 5.97 Å². The Bertz CT molecular complexity index is 751.